The van der Waals surface area contributed by atoms with E-state index in [-0.39, 0.29) is 15.9 Å². The predicted molar refractivity (Wildman–Crippen MR) is 73.6 cm³/mol. The van der Waals surface area contributed by atoms with Crippen LogP contribution in [0.4, 0.5) is 0 Å². The Hall–Kier alpha value is -1.58. The van der Waals surface area contributed by atoms with Gasteiger partial charge in [-0.1, -0.05) is 48.5 Å². The van der Waals surface area contributed by atoms with Gasteiger partial charge in [0.25, 0.3) is 0 Å². The SMILES string of the molecule is C=C/C(C(=O)OC)=C(\C=C)c1cc(Cl)nc(Cl)c1. The van der Waals surface area contributed by atoms with Gasteiger partial charge in [-0.15, -0.1) is 0 Å². The molecule has 0 aliphatic rings. The molecule has 0 radical (unpaired) electrons. The minimum Gasteiger partial charge on any atom is -0.465 e. The molecule has 0 saturated heterocycles. The number of rotatable bonds is 4. The van der Waals surface area contributed by atoms with Crippen molar-refractivity contribution in [1.82, 2.24) is 4.98 Å². The zero-order chi connectivity index (χ0) is 13.7. The second kappa shape index (κ2) is 6.38. The molecular weight excluding hydrogens is 273 g/mol. The van der Waals surface area contributed by atoms with Crippen molar-refractivity contribution >= 4 is 34.7 Å². The van der Waals surface area contributed by atoms with Crippen LogP contribution in [0, 0.1) is 0 Å². The first-order valence-electron chi connectivity index (χ1n) is 4.94. The van der Waals surface area contributed by atoms with E-state index in [0.29, 0.717) is 11.1 Å². The van der Waals surface area contributed by atoms with E-state index in [1.165, 1.54) is 19.3 Å². The van der Waals surface area contributed by atoms with Gasteiger partial charge in [0, 0.05) is 0 Å². The summed E-state index contributed by atoms with van der Waals surface area (Å²) in [4.78, 5) is 15.4. The maximum atomic E-state index is 11.6. The van der Waals surface area contributed by atoms with Gasteiger partial charge in [0.05, 0.1) is 12.7 Å². The van der Waals surface area contributed by atoms with Crippen molar-refractivity contribution < 1.29 is 9.53 Å². The Balaban J connectivity index is 3.48. The van der Waals surface area contributed by atoms with E-state index in [1.807, 2.05) is 0 Å². The minimum atomic E-state index is -0.510. The molecule has 94 valence electrons. The van der Waals surface area contributed by atoms with Gasteiger partial charge in [0.2, 0.25) is 0 Å². The van der Waals surface area contributed by atoms with Crippen molar-refractivity contribution in [3.05, 3.63) is 58.9 Å². The quantitative estimate of drug-likeness (QED) is 0.366. The summed E-state index contributed by atoms with van der Waals surface area (Å²) in [5.74, 6) is -0.510. The molecule has 3 nitrogen and oxygen atoms in total. The monoisotopic (exact) mass is 283 g/mol. The van der Waals surface area contributed by atoms with Crippen LogP contribution in [-0.2, 0) is 9.53 Å². The van der Waals surface area contributed by atoms with Gasteiger partial charge in [0.15, 0.2) is 0 Å². The first kappa shape index (κ1) is 14.5. The standard InChI is InChI=1S/C13H11Cl2NO2/c1-4-9(10(5-2)13(17)18-3)8-6-11(14)16-12(15)7-8/h4-7H,1-2H2,3H3/b10-9-. The van der Waals surface area contributed by atoms with Crippen LogP contribution in [0.1, 0.15) is 5.56 Å². The summed E-state index contributed by atoms with van der Waals surface area (Å²) in [6.07, 6.45) is 2.90. The number of nitrogens with zero attached hydrogens (tertiary/aromatic N) is 1. The fourth-order valence-electron chi connectivity index (χ4n) is 1.42. The molecule has 0 saturated carbocycles. The van der Waals surface area contributed by atoms with Gasteiger partial charge < -0.3 is 4.74 Å². The minimum absolute atomic E-state index is 0.227. The van der Waals surface area contributed by atoms with E-state index in [2.05, 4.69) is 22.9 Å². The summed E-state index contributed by atoms with van der Waals surface area (Å²) in [5.41, 5.74) is 1.43. The third-order valence-corrected chi connectivity index (χ3v) is 2.56. The normalized spacial score (nSPS) is 11.5. The molecule has 0 fully saturated rings. The molecule has 0 N–H and O–H groups in total. The number of aromatic nitrogens is 1. The summed E-state index contributed by atoms with van der Waals surface area (Å²) in [6, 6.07) is 3.16. The number of methoxy groups -OCH3 is 1. The van der Waals surface area contributed by atoms with E-state index in [1.54, 1.807) is 12.1 Å². The predicted octanol–water partition coefficient (Wildman–Crippen LogP) is 3.69. The van der Waals surface area contributed by atoms with Gasteiger partial charge in [0.1, 0.15) is 10.3 Å². The molecular formula is C13H11Cl2NO2. The molecule has 5 heteroatoms. The lowest BCUT2D eigenvalue weighted by Crippen LogP contribution is -2.05. The lowest BCUT2D eigenvalue weighted by Gasteiger charge is -2.08. The molecule has 18 heavy (non-hydrogen) atoms. The van der Waals surface area contributed by atoms with E-state index in [9.17, 15) is 4.79 Å². The van der Waals surface area contributed by atoms with E-state index in [4.69, 9.17) is 23.2 Å². The highest BCUT2D eigenvalue weighted by Crippen LogP contribution is 2.25. The average molecular weight is 284 g/mol. The summed E-state index contributed by atoms with van der Waals surface area (Å²) in [5, 5.41) is 0.454. The summed E-state index contributed by atoms with van der Waals surface area (Å²) >= 11 is 11.6. The van der Waals surface area contributed by atoms with Crippen LogP contribution in [-0.4, -0.2) is 18.1 Å². The molecule has 0 spiro atoms. The lowest BCUT2D eigenvalue weighted by molar-refractivity contribution is -0.135. The first-order valence-corrected chi connectivity index (χ1v) is 5.70. The maximum absolute atomic E-state index is 11.6. The Morgan fingerprint density at radius 1 is 1.28 bits per heavy atom. The second-order valence-corrected chi connectivity index (χ2v) is 4.00. The Bertz CT molecular complexity index is 516. The molecule has 1 aromatic rings. The van der Waals surface area contributed by atoms with Crippen LogP contribution < -0.4 is 0 Å². The third-order valence-electron chi connectivity index (χ3n) is 2.18. The zero-order valence-electron chi connectivity index (χ0n) is 9.74. The molecule has 0 amide bonds. The van der Waals surface area contributed by atoms with E-state index >= 15 is 0 Å². The largest absolute Gasteiger partial charge is 0.465 e. The molecule has 1 aromatic heterocycles. The van der Waals surface area contributed by atoms with Crippen molar-refractivity contribution in [3.8, 4) is 0 Å². The number of hydrogen-bond acceptors (Lipinski definition) is 3. The van der Waals surface area contributed by atoms with Crippen LogP contribution >= 0.6 is 23.2 Å². The highest BCUT2D eigenvalue weighted by atomic mass is 35.5. The number of carbonyl (C=O) groups excluding carboxylic acids is 1. The zero-order valence-corrected chi connectivity index (χ0v) is 11.3. The fraction of sp³-hybridized carbons (Fsp3) is 0.0769. The van der Waals surface area contributed by atoms with Crippen molar-refractivity contribution in [2.45, 2.75) is 0 Å². The van der Waals surface area contributed by atoms with Crippen LogP contribution in [0.3, 0.4) is 0 Å². The highest BCUT2D eigenvalue weighted by molar-refractivity contribution is 6.32. The molecule has 0 unspecified atom stereocenters. The van der Waals surface area contributed by atoms with Crippen LogP contribution in [0.15, 0.2) is 43.0 Å². The Morgan fingerprint density at radius 2 is 1.83 bits per heavy atom. The number of allylic oxidation sites excluding steroid dienone is 2. The van der Waals surface area contributed by atoms with Gasteiger partial charge >= 0.3 is 5.97 Å². The van der Waals surface area contributed by atoms with Crippen LogP contribution in [0.25, 0.3) is 5.57 Å². The Kier molecular flexibility index (Phi) is 5.13. The van der Waals surface area contributed by atoms with Crippen LogP contribution in [0.5, 0.6) is 0 Å². The van der Waals surface area contributed by atoms with E-state index in [0.717, 1.165) is 0 Å². The maximum Gasteiger partial charge on any atom is 0.338 e. The molecule has 1 heterocycles. The number of carbonyl (C=O) groups is 1. The molecule has 0 aliphatic carbocycles. The smallest absolute Gasteiger partial charge is 0.338 e. The van der Waals surface area contributed by atoms with Gasteiger partial charge in [-0.25, -0.2) is 9.78 Å². The Morgan fingerprint density at radius 3 is 2.22 bits per heavy atom. The molecule has 0 aromatic carbocycles. The molecule has 0 aliphatic heterocycles. The number of hydrogen-bond donors (Lipinski definition) is 0. The van der Waals surface area contributed by atoms with Crippen molar-refractivity contribution in [2.24, 2.45) is 0 Å². The number of ether oxygens (including phenoxy) is 1. The van der Waals surface area contributed by atoms with Crippen molar-refractivity contribution in [3.63, 3.8) is 0 Å². The third kappa shape index (κ3) is 3.22. The van der Waals surface area contributed by atoms with Gasteiger partial charge in [-0.3, -0.25) is 0 Å². The summed E-state index contributed by atoms with van der Waals surface area (Å²) in [6.45, 7) is 7.24. The van der Waals surface area contributed by atoms with E-state index < -0.39 is 5.97 Å². The first-order chi connectivity index (χ1) is 8.53. The summed E-state index contributed by atoms with van der Waals surface area (Å²) in [7, 11) is 1.29. The van der Waals surface area contributed by atoms with Crippen molar-refractivity contribution in [1.29, 1.82) is 0 Å². The molecule has 1 rings (SSSR count). The second-order valence-electron chi connectivity index (χ2n) is 3.23. The fourth-order valence-corrected chi connectivity index (χ4v) is 1.88. The summed E-state index contributed by atoms with van der Waals surface area (Å²) < 4.78 is 4.67. The molecule has 0 bridgehead atoms. The number of halogens is 2. The number of pyridine rings is 1. The van der Waals surface area contributed by atoms with Crippen molar-refractivity contribution in [2.75, 3.05) is 7.11 Å². The Labute approximate surface area is 115 Å². The lowest BCUT2D eigenvalue weighted by atomic mass is 10.0. The number of esters is 1. The molecule has 0 atom stereocenters. The topological polar surface area (TPSA) is 39.2 Å². The average Bonchev–Trinajstić information content (AvgIpc) is 2.33. The van der Waals surface area contributed by atoms with Gasteiger partial charge in [-0.2, -0.15) is 0 Å². The highest BCUT2D eigenvalue weighted by Gasteiger charge is 2.13. The van der Waals surface area contributed by atoms with Gasteiger partial charge in [-0.05, 0) is 23.3 Å². The van der Waals surface area contributed by atoms with Crippen LogP contribution in [0.2, 0.25) is 10.3 Å².